The van der Waals surface area contributed by atoms with Gasteiger partial charge < -0.3 is 10.1 Å². The SMILES string of the molecule is Cc1ccc(NC(=O)CN2C(=O)COc3ccc(F)cc32)nc1. The number of hydrogen-bond acceptors (Lipinski definition) is 4. The van der Waals surface area contributed by atoms with Crippen molar-refractivity contribution in [2.45, 2.75) is 6.92 Å². The number of carbonyl (C=O) groups excluding carboxylic acids is 2. The van der Waals surface area contributed by atoms with Gasteiger partial charge in [-0.25, -0.2) is 9.37 Å². The Labute approximate surface area is 131 Å². The molecule has 0 aliphatic carbocycles. The molecule has 0 atom stereocenters. The van der Waals surface area contributed by atoms with Gasteiger partial charge in [0.1, 0.15) is 23.9 Å². The molecule has 0 unspecified atom stereocenters. The Kier molecular flexibility index (Phi) is 3.92. The lowest BCUT2D eigenvalue weighted by molar-refractivity contribution is -0.123. The first-order valence-electron chi connectivity index (χ1n) is 6.98. The molecule has 118 valence electrons. The van der Waals surface area contributed by atoms with E-state index < -0.39 is 17.6 Å². The minimum Gasteiger partial charge on any atom is -0.482 e. The molecule has 3 rings (SSSR count). The normalized spacial score (nSPS) is 13.3. The first-order chi connectivity index (χ1) is 11.0. The first-order valence-corrected chi connectivity index (χ1v) is 6.98. The zero-order valence-electron chi connectivity index (χ0n) is 12.4. The number of halogens is 1. The fraction of sp³-hybridized carbons (Fsp3) is 0.188. The van der Waals surface area contributed by atoms with Crippen LogP contribution in [0, 0.1) is 12.7 Å². The fourth-order valence-electron chi connectivity index (χ4n) is 2.22. The Hall–Kier alpha value is -2.96. The molecule has 6 nitrogen and oxygen atoms in total. The van der Waals surface area contributed by atoms with Gasteiger partial charge in [-0.15, -0.1) is 0 Å². The standard InChI is InChI=1S/C16H14FN3O3/c1-10-2-5-14(18-7-10)19-15(21)8-20-12-6-11(17)3-4-13(12)23-9-16(20)22/h2-7H,8-9H2,1H3,(H,18,19,21). The van der Waals surface area contributed by atoms with Crippen molar-refractivity contribution < 1.29 is 18.7 Å². The number of aryl methyl sites for hydroxylation is 1. The van der Waals surface area contributed by atoms with Gasteiger partial charge in [0.15, 0.2) is 6.61 Å². The number of amides is 2. The molecule has 1 aliphatic rings. The van der Waals surface area contributed by atoms with Crippen LogP contribution >= 0.6 is 0 Å². The molecule has 2 aromatic rings. The van der Waals surface area contributed by atoms with Crippen molar-refractivity contribution in [2.24, 2.45) is 0 Å². The van der Waals surface area contributed by atoms with Crippen molar-refractivity contribution in [3.8, 4) is 5.75 Å². The number of rotatable bonds is 3. The van der Waals surface area contributed by atoms with Crippen LogP contribution in [-0.2, 0) is 9.59 Å². The van der Waals surface area contributed by atoms with Gasteiger partial charge in [-0.3, -0.25) is 14.5 Å². The number of carbonyl (C=O) groups is 2. The topological polar surface area (TPSA) is 71.5 Å². The minimum absolute atomic E-state index is 0.186. The van der Waals surface area contributed by atoms with Crippen LogP contribution in [0.4, 0.5) is 15.9 Å². The minimum atomic E-state index is -0.507. The Morgan fingerprint density at radius 2 is 2.22 bits per heavy atom. The smallest absolute Gasteiger partial charge is 0.265 e. The molecule has 1 aromatic heterocycles. The van der Waals surface area contributed by atoms with Crippen LogP contribution < -0.4 is 15.0 Å². The molecule has 1 aliphatic heterocycles. The van der Waals surface area contributed by atoms with Crippen LogP contribution in [0.2, 0.25) is 0 Å². The number of nitrogens with zero attached hydrogens (tertiary/aromatic N) is 2. The molecule has 0 bridgehead atoms. The number of benzene rings is 1. The van der Waals surface area contributed by atoms with E-state index in [4.69, 9.17) is 4.74 Å². The van der Waals surface area contributed by atoms with Gasteiger partial charge in [0, 0.05) is 12.3 Å². The van der Waals surface area contributed by atoms with Gasteiger partial charge in [0.05, 0.1) is 5.69 Å². The molecule has 0 spiro atoms. The number of nitrogens with one attached hydrogen (secondary N) is 1. The summed E-state index contributed by atoms with van der Waals surface area (Å²) >= 11 is 0. The van der Waals surface area contributed by atoms with Crippen molar-refractivity contribution in [3.05, 3.63) is 47.9 Å². The predicted octanol–water partition coefficient (Wildman–Crippen LogP) is 1.89. The largest absolute Gasteiger partial charge is 0.482 e. The summed E-state index contributed by atoms with van der Waals surface area (Å²) < 4.78 is 18.6. The Morgan fingerprint density at radius 1 is 1.39 bits per heavy atom. The zero-order chi connectivity index (χ0) is 16.4. The van der Waals surface area contributed by atoms with E-state index in [-0.39, 0.29) is 18.8 Å². The molecular weight excluding hydrogens is 301 g/mol. The van der Waals surface area contributed by atoms with E-state index in [1.54, 1.807) is 12.3 Å². The van der Waals surface area contributed by atoms with E-state index in [0.717, 1.165) is 5.56 Å². The number of hydrogen-bond donors (Lipinski definition) is 1. The maximum Gasteiger partial charge on any atom is 0.265 e. The van der Waals surface area contributed by atoms with Crippen LogP contribution in [0.5, 0.6) is 5.75 Å². The van der Waals surface area contributed by atoms with Crippen LogP contribution in [0.3, 0.4) is 0 Å². The Morgan fingerprint density at radius 3 is 2.96 bits per heavy atom. The summed E-state index contributed by atoms with van der Waals surface area (Å²) in [4.78, 5) is 29.4. The maximum absolute atomic E-state index is 13.4. The molecule has 1 N–H and O–H groups in total. The second-order valence-electron chi connectivity index (χ2n) is 5.15. The van der Waals surface area contributed by atoms with E-state index >= 15 is 0 Å². The summed E-state index contributed by atoms with van der Waals surface area (Å²) in [6, 6.07) is 7.33. The van der Waals surface area contributed by atoms with Gasteiger partial charge in [-0.1, -0.05) is 6.07 Å². The van der Waals surface area contributed by atoms with Crippen LogP contribution in [0.1, 0.15) is 5.56 Å². The van der Waals surface area contributed by atoms with Gasteiger partial charge in [-0.2, -0.15) is 0 Å². The summed E-state index contributed by atoms with van der Waals surface area (Å²) in [7, 11) is 0. The summed E-state index contributed by atoms with van der Waals surface area (Å²) in [6.07, 6.45) is 1.63. The average molecular weight is 315 g/mol. The zero-order valence-corrected chi connectivity index (χ0v) is 12.4. The first kappa shape index (κ1) is 15.0. The second-order valence-corrected chi connectivity index (χ2v) is 5.15. The van der Waals surface area contributed by atoms with E-state index in [9.17, 15) is 14.0 Å². The van der Waals surface area contributed by atoms with Crippen LogP contribution in [0.25, 0.3) is 0 Å². The summed E-state index contributed by atoms with van der Waals surface area (Å²) in [5, 5.41) is 2.60. The fourth-order valence-corrected chi connectivity index (χ4v) is 2.22. The molecule has 7 heteroatoms. The van der Waals surface area contributed by atoms with E-state index in [0.29, 0.717) is 11.6 Å². The highest BCUT2D eigenvalue weighted by Crippen LogP contribution is 2.32. The third kappa shape index (κ3) is 3.28. The van der Waals surface area contributed by atoms with Gasteiger partial charge >= 0.3 is 0 Å². The molecule has 2 amide bonds. The van der Waals surface area contributed by atoms with Crippen molar-refractivity contribution in [1.82, 2.24) is 4.98 Å². The molecular formula is C16H14FN3O3. The number of ether oxygens (including phenoxy) is 1. The Bertz CT molecular complexity index is 762. The monoisotopic (exact) mass is 315 g/mol. The summed E-state index contributed by atoms with van der Waals surface area (Å²) in [5.74, 6) is -0.581. The van der Waals surface area contributed by atoms with E-state index in [1.165, 1.54) is 23.1 Å². The van der Waals surface area contributed by atoms with Crippen LogP contribution in [-0.4, -0.2) is 29.9 Å². The lowest BCUT2D eigenvalue weighted by atomic mass is 10.2. The highest BCUT2D eigenvalue weighted by atomic mass is 19.1. The van der Waals surface area contributed by atoms with Crippen molar-refractivity contribution in [1.29, 1.82) is 0 Å². The molecule has 2 heterocycles. The molecule has 0 saturated heterocycles. The molecule has 0 saturated carbocycles. The lowest BCUT2D eigenvalue weighted by Gasteiger charge is -2.28. The van der Waals surface area contributed by atoms with Crippen molar-refractivity contribution in [3.63, 3.8) is 0 Å². The Balaban J connectivity index is 1.76. The molecule has 1 aromatic carbocycles. The number of fused-ring (bicyclic) bond motifs is 1. The quantitative estimate of drug-likeness (QED) is 0.939. The second kappa shape index (κ2) is 6.04. The summed E-state index contributed by atoms with van der Waals surface area (Å²) in [6.45, 7) is 1.46. The van der Waals surface area contributed by atoms with Crippen molar-refractivity contribution in [2.75, 3.05) is 23.4 Å². The number of anilines is 2. The lowest BCUT2D eigenvalue weighted by Crippen LogP contribution is -2.43. The predicted molar refractivity (Wildman–Crippen MR) is 81.9 cm³/mol. The van der Waals surface area contributed by atoms with Gasteiger partial charge in [0.2, 0.25) is 5.91 Å². The highest BCUT2D eigenvalue weighted by molar-refractivity contribution is 6.04. The number of pyridine rings is 1. The van der Waals surface area contributed by atoms with Crippen LogP contribution in [0.15, 0.2) is 36.5 Å². The third-order valence-electron chi connectivity index (χ3n) is 3.34. The van der Waals surface area contributed by atoms with Gasteiger partial charge in [-0.05, 0) is 30.7 Å². The van der Waals surface area contributed by atoms with Gasteiger partial charge in [0.25, 0.3) is 5.91 Å². The maximum atomic E-state index is 13.4. The highest BCUT2D eigenvalue weighted by Gasteiger charge is 2.27. The summed E-state index contributed by atoms with van der Waals surface area (Å²) in [5.41, 5.74) is 1.21. The third-order valence-corrected chi connectivity index (χ3v) is 3.34. The van der Waals surface area contributed by atoms with E-state index in [2.05, 4.69) is 10.3 Å². The molecule has 23 heavy (non-hydrogen) atoms. The number of aromatic nitrogens is 1. The average Bonchev–Trinajstić information content (AvgIpc) is 2.52. The molecule has 0 radical (unpaired) electrons. The van der Waals surface area contributed by atoms with Crippen molar-refractivity contribution >= 4 is 23.3 Å². The van der Waals surface area contributed by atoms with E-state index in [1.807, 2.05) is 13.0 Å². The molecule has 0 fully saturated rings.